The number of sulfonamides is 1. The summed E-state index contributed by atoms with van der Waals surface area (Å²) in [5, 5.41) is 4.89. The highest BCUT2D eigenvalue weighted by Gasteiger charge is 2.30. The van der Waals surface area contributed by atoms with Gasteiger partial charge in [-0.05, 0) is 56.3 Å². The quantitative estimate of drug-likeness (QED) is 0.363. The fraction of sp³-hybridized carbons (Fsp3) is 0.280. The Labute approximate surface area is 222 Å². The van der Waals surface area contributed by atoms with Gasteiger partial charge in [0.05, 0.1) is 41.5 Å². The minimum atomic E-state index is -4.46. The monoisotopic (exact) mass is 567 g/mol. The highest BCUT2D eigenvalue weighted by molar-refractivity contribution is 7.89. The Hall–Kier alpha value is -3.91. The van der Waals surface area contributed by atoms with Gasteiger partial charge in [0, 0.05) is 11.6 Å². The Kier molecular flexibility index (Phi) is 9.35. The van der Waals surface area contributed by atoms with Crippen molar-refractivity contribution in [3.63, 3.8) is 0 Å². The number of nitrogens with zero attached hydrogens (tertiary/aromatic N) is 3. The maximum absolute atomic E-state index is 13.2. The molecule has 0 spiro atoms. The van der Waals surface area contributed by atoms with Crippen LogP contribution < -0.4 is 10.6 Å². The van der Waals surface area contributed by atoms with Crippen LogP contribution in [0.25, 0.3) is 11.3 Å². The molecule has 2 aromatic carbocycles. The van der Waals surface area contributed by atoms with E-state index in [1.807, 2.05) is 0 Å². The number of alkyl halides is 3. The molecule has 39 heavy (non-hydrogen) atoms. The van der Waals surface area contributed by atoms with Gasteiger partial charge in [-0.1, -0.05) is 12.1 Å². The van der Waals surface area contributed by atoms with Crippen molar-refractivity contribution in [3.8, 4) is 11.3 Å². The number of carbonyl (C=O) groups excluding carboxylic acids is 2. The lowest BCUT2D eigenvalue weighted by Gasteiger charge is -2.25. The Morgan fingerprint density at radius 1 is 0.949 bits per heavy atom. The Bertz CT molecular complexity index is 1410. The second-order valence-electron chi connectivity index (χ2n) is 8.62. The van der Waals surface area contributed by atoms with E-state index in [0.717, 1.165) is 40.7 Å². The molecule has 0 unspecified atom stereocenters. The van der Waals surface area contributed by atoms with Crippen molar-refractivity contribution >= 4 is 21.8 Å². The van der Waals surface area contributed by atoms with Crippen molar-refractivity contribution < 1.29 is 35.6 Å². The second-order valence-corrected chi connectivity index (χ2v) is 10.5. The van der Waals surface area contributed by atoms with Gasteiger partial charge in [-0.2, -0.15) is 17.5 Å². The van der Waals surface area contributed by atoms with Crippen LogP contribution in [-0.2, 0) is 32.3 Å². The van der Waals surface area contributed by atoms with Crippen molar-refractivity contribution in [3.05, 3.63) is 78.0 Å². The summed E-state index contributed by atoms with van der Waals surface area (Å²) < 4.78 is 78.2. The fourth-order valence-corrected chi connectivity index (χ4v) is 4.99. The van der Waals surface area contributed by atoms with Crippen LogP contribution in [-0.4, -0.2) is 53.6 Å². The summed E-state index contributed by atoms with van der Waals surface area (Å²) >= 11 is 0. The molecule has 0 bridgehead atoms. The van der Waals surface area contributed by atoms with E-state index < -0.39 is 58.5 Å². The first kappa shape index (κ1) is 29.6. The Balaban J connectivity index is 1.54. The number of hydrogen-bond acceptors (Lipinski definition) is 6. The number of benzene rings is 2. The van der Waals surface area contributed by atoms with Crippen molar-refractivity contribution in [2.45, 2.75) is 37.5 Å². The SMILES string of the molecule is CC(C)N(CC(=O)NCC(=O)NCc1cc(-c2ccc(C(F)(F)F)cc2)ncn1)S(=O)(=O)c1ccc(F)cc1. The maximum atomic E-state index is 13.2. The molecular weight excluding hydrogens is 542 g/mol. The first-order valence-electron chi connectivity index (χ1n) is 11.6. The zero-order chi connectivity index (χ0) is 28.8. The zero-order valence-electron chi connectivity index (χ0n) is 20.9. The van der Waals surface area contributed by atoms with E-state index in [9.17, 15) is 35.6 Å². The summed E-state index contributed by atoms with van der Waals surface area (Å²) in [5.41, 5.74) is 0.360. The van der Waals surface area contributed by atoms with Gasteiger partial charge in [-0.15, -0.1) is 0 Å². The molecule has 0 atom stereocenters. The van der Waals surface area contributed by atoms with Crippen molar-refractivity contribution in [2.75, 3.05) is 13.1 Å². The maximum Gasteiger partial charge on any atom is 0.416 e. The predicted octanol–water partition coefficient (Wildman–Crippen LogP) is 3.13. The highest BCUT2D eigenvalue weighted by atomic mass is 32.2. The molecule has 1 aromatic heterocycles. The van der Waals surface area contributed by atoms with Crippen molar-refractivity contribution in [2.24, 2.45) is 0 Å². The van der Waals surface area contributed by atoms with Crippen LogP contribution in [0, 0.1) is 5.82 Å². The molecular formula is C25H25F4N5O4S. The summed E-state index contributed by atoms with van der Waals surface area (Å²) in [6.07, 6.45) is -3.25. The van der Waals surface area contributed by atoms with Crippen molar-refractivity contribution in [1.29, 1.82) is 0 Å². The lowest BCUT2D eigenvalue weighted by atomic mass is 10.1. The first-order valence-corrected chi connectivity index (χ1v) is 13.0. The third kappa shape index (κ3) is 8.04. The van der Waals surface area contributed by atoms with Crippen LogP contribution in [0.5, 0.6) is 0 Å². The Morgan fingerprint density at radius 3 is 2.18 bits per heavy atom. The lowest BCUT2D eigenvalue weighted by molar-refractivity contribution is -0.137. The van der Waals surface area contributed by atoms with Gasteiger partial charge in [-0.25, -0.2) is 22.8 Å². The molecule has 0 radical (unpaired) electrons. The predicted molar refractivity (Wildman–Crippen MR) is 133 cm³/mol. The summed E-state index contributed by atoms with van der Waals surface area (Å²) in [4.78, 5) is 32.5. The molecule has 3 aromatic rings. The van der Waals surface area contributed by atoms with E-state index in [-0.39, 0.29) is 11.4 Å². The summed E-state index contributed by atoms with van der Waals surface area (Å²) in [7, 11) is -4.10. The fourth-order valence-electron chi connectivity index (χ4n) is 3.40. The van der Waals surface area contributed by atoms with Crippen LogP contribution in [0.3, 0.4) is 0 Å². The van der Waals surface area contributed by atoms with E-state index in [1.165, 1.54) is 24.5 Å². The zero-order valence-corrected chi connectivity index (χ0v) is 21.7. The van der Waals surface area contributed by atoms with Gasteiger partial charge in [0.2, 0.25) is 21.8 Å². The molecule has 0 saturated heterocycles. The van der Waals surface area contributed by atoms with Gasteiger partial charge in [-0.3, -0.25) is 9.59 Å². The number of nitrogens with one attached hydrogen (secondary N) is 2. The van der Waals surface area contributed by atoms with Crippen LogP contribution in [0.2, 0.25) is 0 Å². The molecule has 0 saturated carbocycles. The van der Waals surface area contributed by atoms with Crippen molar-refractivity contribution in [1.82, 2.24) is 24.9 Å². The molecule has 1 heterocycles. The minimum Gasteiger partial charge on any atom is -0.349 e. The largest absolute Gasteiger partial charge is 0.416 e. The number of aromatic nitrogens is 2. The molecule has 3 rings (SSSR count). The van der Waals surface area contributed by atoms with Gasteiger partial charge in [0.15, 0.2) is 0 Å². The average molecular weight is 568 g/mol. The van der Waals surface area contributed by atoms with Gasteiger partial charge in [0.1, 0.15) is 12.1 Å². The number of carbonyl (C=O) groups is 2. The first-order chi connectivity index (χ1) is 18.3. The normalized spacial score (nSPS) is 12.0. The summed E-state index contributed by atoms with van der Waals surface area (Å²) in [6, 6.07) is 9.53. The Morgan fingerprint density at radius 2 is 1.59 bits per heavy atom. The minimum absolute atomic E-state index is 0.0536. The van der Waals surface area contributed by atoms with E-state index in [0.29, 0.717) is 17.0 Å². The molecule has 0 aliphatic rings. The number of hydrogen-bond donors (Lipinski definition) is 2. The molecule has 2 N–H and O–H groups in total. The summed E-state index contributed by atoms with van der Waals surface area (Å²) in [5.74, 6) is -1.92. The standard InChI is InChI=1S/C25H25F4N5O4S/c1-16(2)34(39(37,38)21-9-7-19(26)8-10-21)14-24(36)31-13-23(35)30-12-20-11-22(33-15-32-20)17-3-5-18(6-4-17)25(27,28)29/h3-11,15-16H,12-14H2,1-2H3,(H,30,35)(H,31,36). The van der Waals surface area contributed by atoms with Gasteiger partial charge >= 0.3 is 6.18 Å². The molecule has 0 aliphatic carbocycles. The van der Waals surface area contributed by atoms with Gasteiger partial charge < -0.3 is 10.6 Å². The third-order valence-electron chi connectivity index (χ3n) is 5.44. The smallest absolute Gasteiger partial charge is 0.349 e. The molecule has 0 fully saturated rings. The molecule has 0 aliphatic heterocycles. The van der Waals surface area contributed by atoms with E-state index in [1.54, 1.807) is 13.8 Å². The molecule has 208 valence electrons. The van der Waals surface area contributed by atoms with E-state index >= 15 is 0 Å². The number of halogens is 4. The summed E-state index contributed by atoms with van der Waals surface area (Å²) in [6.45, 7) is 2.08. The van der Waals surface area contributed by atoms with Crippen LogP contribution in [0.1, 0.15) is 25.1 Å². The highest BCUT2D eigenvalue weighted by Crippen LogP contribution is 2.30. The van der Waals surface area contributed by atoms with Crippen LogP contribution in [0.15, 0.2) is 65.8 Å². The second kappa shape index (κ2) is 12.3. The van der Waals surface area contributed by atoms with Gasteiger partial charge in [0.25, 0.3) is 0 Å². The third-order valence-corrected chi connectivity index (χ3v) is 7.48. The molecule has 14 heteroatoms. The molecule has 9 nitrogen and oxygen atoms in total. The molecule has 2 amide bonds. The lowest BCUT2D eigenvalue weighted by Crippen LogP contribution is -2.46. The van der Waals surface area contributed by atoms with Crippen LogP contribution in [0.4, 0.5) is 17.6 Å². The van der Waals surface area contributed by atoms with Crippen LogP contribution >= 0.6 is 0 Å². The number of amides is 2. The average Bonchev–Trinajstić information content (AvgIpc) is 2.89. The topological polar surface area (TPSA) is 121 Å². The van der Waals surface area contributed by atoms with E-state index in [2.05, 4.69) is 20.6 Å². The van der Waals surface area contributed by atoms with E-state index in [4.69, 9.17) is 0 Å². The number of rotatable bonds is 10.